The fraction of sp³-hybridized carbons (Fsp3) is 0.227. The maximum atomic E-state index is 12.8. The smallest absolute Gasteiger partial charge is 0.255 e. The summed E-state index contributed by atoms with van der Waals surface area (Å²) in [7, 11) is 0. The van der Waals surface area contributed by atoms with Crippen LogP contribution < -0.4 is 5.32 Å². The number of fused-ring (bicyclic) bond motifs is 3. The van der Waals surface area contributed by atoms with Crippen molar-refractivity contribution in [1.29, 1.82) is 0 Å². The fourth-order valence-electron chi connectivity index (χ4n) is 3.96. The average Bonchev–Trinajstić information content (AvgIpc) is 3.31. The fourth-order valence-corrected chi connectivity index (χ4v) is 3.96. The van der Waals surface area contributed by atoms with Gasteiger partial charge in [-0.05, 0) is 68.5 Å². The minimum absolute atomic E-state index is 0.115. The standard InChI is InChI=1S/C22H21N5O/c1-13-23-21(27-26-13)14-5-4-6-16(11-14)24-22(28)15-9-10-20-18(12-15)17-7-2-3-8-19(17)25-20/h4-6,9-12,25H,2-3,7-8H2,1H3,(H,24,28)(H,23,26,27). The highest BCUT2D eigenvalue weighted by Gasteiger charge is 2.17. The second-order valence-corrected chi connectivity index (χ2v) is 7.33. The summed E-state index contributed by atoms with van der Waals surface area (Å²) in [6, 6.07) is 13.5. The molecule has 0 fully saturated rings. The van der Waals surface area contributed by atoms with Gasteiger partial charge in [0, 0.05) is 33.4 Å². The maximum absolute atomic E-state index is 12.8. The zero-order valence-electron chi connectivity index (χ0n) is 15.7. The van der Waals surface area contributed by atoms with Crippen molar-refractivity contribution in [3.8, 4) is 11.4 Å². The highest BCUT2D eigenvalue weighted by molar-refractivity contribution is 6.06. The molecule has 0 spiro atoms. The largest absolute Gasteiger partial charge is 0.358 e. The topological polar surface area (TPSA) is 86.5 Å². The normalized spacial score (nSPS) is 13.5. The first-order chi connectivity index (χ1) is 13.7. The van der Waals surface area contributed by atoms with Gasteiger partial charge in [-0.1, -0.05) is 12.1 Å². The second-order valence-electron chi connectivity index (χ2n) is 7.33. The molecule has 0 bridgehead atoms. The van der Waals surface area contributed by atoms with Crippen molar-refractivity contribution in [1.82, 2.24) is 20.2 Å². The maximum Gasteiger partial charge on any atom is 0.255 e. The monoisotopic (exact) mass is 371 g/mol. The summed E-state index contributed by atoms with van der Waals surface area (Å²) in [5.74, 6) is 1.26. The first kappa shape index (κ1) is 16.7. The number of nitrogens with zero attached hydrogens (tertiary/aromatic N) is 2. The van der Waals surface area contributed by atoms with Crippen LogP contribution in [0.2, 0.25) is 0 Å². The third kappa shape index (κ3) is 2.97. The SMILES string of the molecule is Cc1nc(-c2cccc(NC(=O)c3ccc4[nH]c5c(c4c3)CCCC5)c2)n[nH]1. The Labute approximate surface area is 162 Å². The molecule has 0 saturated carbocycles. The lowest BCUT2D eigenvalue weighted by Crippen LogP contribution is -2.11. The molecule has 4 aromatic rings. The van der Waals surface area contributed by atoms with Crippen molar-refractivity contribution < 1.29 is 4.79 Å². The van der Waals surface area contributed by atoms with Gasteiger partial charge in [0.15, 0.2) is 5.82 Å². The molecule has 0 radical (unpaired) electrons. The predicted octanol–water partition coefficient (Wildman–Crippen LogP) is 4.39. The summed E-state index contributed by atoms with van der Waals surface area (Å²) in [4.78, 5) is 20.7. The van der Waals surface area contributed by atoms with Crippen molar-refractivity contribution in [3.05, 3.63) is 65.1 Å². The molecule has 6 nitrogen and oxygen atoms in total. The van der Waals surface area contributed by atoms with Gasteiger partial charge in [-0.2, -0.15) is 5.10 Å². The summed E-state index contributed by atoms with van der Waals surface area (Å²) >= 11 is 0. The Morgan fingerprint density at radius 3 is 2.86 bits per heavy atom. The van der Waals surface area contributed by atoms with Crippen LogP contribution in [0.25, 0.3) is 22.3 Å². The van der Waals surface area contributed by atoms with Crippen LogP contribution in [0.4, 0.5) is 5.69 Å². The number of amides is 1. The Bertz CT molecular complexity index is 1190. The van der Waals surface area contributed by atoms with Crippen molar-refractivity contribution in [2.75, 3.05) is 5.32 Å². The number of hydrogen-bond donors (Lipinski definition) is 3. The molecule has 0 unspecified atom stereocenters. The molecule has 6 heteroatoms. The van der Waals surface area contributed by atoms with Gasteiger partial charge < -0.3 is 10.3 Å². The number of benzene rings is 2. The van der Waals surface area contributed by atoms with Crippen LogP contribution in [0.3, 0.4) is 0 Å². The van der Waals surface area contributed by atoms with Crippen molar-refractivity contribution in [3.63, 3.8) is 0 Å². The first-order valence-corrected chi connectivity index (χ1v) is 9.62. The lowest BCUT2D eigenvalue weighted by molar-refractivity contribution is 0.102. The molecule has 0 aliphatic heterocycles. The van der Waals surface area contributed by atoms with Gasteiger partial charge >= 0.3 is 0 Å². The van der Waals surface area contributed by atoms with E-state index in [2.05, 4.69) is 25.5 Å². The van der Waals surface area contributed by atoms with E-state index in [1.54, 1.807) is 0 Å². The van der Waals surface area contributed by atoms with E-state index < -0.39 is 0 Å². The Hall–Kier alpha value is -3.41. The number of carbonyl (C=O) groups is 1. The van der Waals surface area contributed by atoms with Gasteiger partial charge in [-0.15, -0.1) is 0 Å². The van der Waals surface area contributed by atoms with Crippen molar-refractivity contribution >= 4 is 22.5 Å². The number of carbonyl (C=O) groups excluding carboxylic acids is 1. The Morgan fingerprint density at radius 1 is 1.11 bits per heavy atom. The highest BCUT2D eigenvalue weighted by atomic mass is 16.1. The number of aromatic nitrogens is 4. The van der Waals surface area contributed by atoms with Gasteiger partial charge in [0.25, 0.3) is 5.91 Å². The minimum atomic E-state index is -0.115. The molecule has 1 amide bonds. The van der Waals surface area contributed by atoms with Crippen LogP contribution in [0.15, 0.2) is 42.5 Å². The van der Waals surface area contributed by atoms with E-state index in [-0.39, 0.29) is 5.91 Å². The van der Waals surface area contributed by atoms with Gasteiger partial charge in [-0.25, -0.2) is 4.98 Å². The third-order valence-electron chi connectivity index (χ3n) is 5.34. The van der Waals surface area contributed by atoms with E-state index >= 15 is 0 Å². The van der Waals surface area contributed by atoms with Crippen molar-refractivity contribution in [2.24, 2.45) is 0 Å². The summed E-state index contributed by atoms with van der Waals surface area (Å²) in [5.41, 5.74) is 6.06. The molecular formula is C22H21N5O. The van der Waals surface area contributed by atoms with E-state index in [0.29, 0.717) is 11.4 Å². The molecule has 5 rings (SSSR count). The van der Waals surface area contributed by atoms with Gasteiger partial charge in [0.2, 0.25) is 0 Å². The van der Waals surface area contributed by atoms with E-state index in [1.165, 1.54) is 29.5 Å². The molecule has 2 aromatic carbocycles. The number of H-pyrrole nitrogens is 2. The van der Waals surface area contributed by atoms with Crippen LogP contribution in [0, 0.1) is 6.92 Å². The summed E-state index contributed by atoms with van der Waals surface area (Å²) in [6.07, 6.45) is 4.62. The molecule has 0 saturated heterocycles. The molecule has 1 aliphatic carbocycles. The average molecular weight is 371 g/mol. The number of hydrogen-bond acceptors (Lipinski definition) is 3. The zero-order valence-corrected chi connectivity index (χ0v) is 15.7. The number of nitrogens with one attached hydrogen (secondary N) is 3. The molecule has 3 N–H and O–H groups in total. The quantitative estimate of drug-likeness (QED) is 0.499. The van der Waals surface area contributed by atoms with E-state index in [4.69, 9.17) is 0 Å². The summed E-state index contributed by atoms with van der Waals surface area (Å²) < 4.78 is 0. The molecular weight excluding hydrogens is 350 g/mol. The van der Waals surface area contributed by atoms with Crippen LogP contribution in [0.1, 0.15) is 40.3 Å². The third-order valence-corrected chi connectivity index (χ3v) is 5.34. The Kier molecular flexibility index (Phi) is 3.97. The Morgan fingerprint density at radius 2 is 2.00 bits per heavy atom. The van der Waals surface area contributed by atoms with E-state index in [1.807, 2.05) is 49.4 Å². The number of aromatic amines is 2. The molecule has 140 valence electrons. The zero-order chi connectivity index (χ0) is 19.1. The van der Waals surface area contributed by atoms with Crippen molar-refractivity contribution in [2.45, 2.75) is 32.6 Å². The number of rotatable bonds is 3. The van der Waals surface area contributed by atoms with Gasteiger partial charge in [0.05, 0.1) is 0 Å². The van der Waals surface area contributed by atoms with Gasteiger partial charge in [0.1, 0.15) is 5.82 Å². The predicted molar refractivity (Wildman–Crippen MR) is 109 cm³/mol. The number of aryl methyl sites for hydroxylation is 3. The summed E-state index contributed by atoms with van der Waals surface area (Å²) in [6.45, 7) is 1.86. The lowest BCUT2D eigenvalue weighted by atomic mass is 9.95. The number of anilines is 1. The van der Waals surface area contributed by atoms with Crippen LogP contribution in [0.5, 0.6) is 0 Å². The van der Waals surface area contributed by atoms with Crippen LogP contribution in [-0.4, -0.2) is 26.1 Å². The van der Waals surface area contributed by atoms with Crippen LogP contribution >= 0.6 is 0 Å². The molecule has 1 aliphatic rings. The molecule has 28 heavy (non-hydrogen) atoms. The summed E-state index contributed by atoms with van der Waals surface area (Å²) in [5, 5.41) is 11.2. The second kappa shape index (κ2) is 6.64. The van der Waals surface area contributed by atoms with E-state index in [0.717, 1.165) is 35.4 Å². The molecule has 2 aromatic heterocycles. The highest BCUT2D eigenvalue weighted by Crippen LogP contribution is 2.30. The minimum Gasteiger partial charge on any atom is -0.358 e. The lowest BCUT2D eigenvalue weighted by Gasteiger charge is -2.10. The first-order valence-electron chi connectivity index (χ1n) is 9.62. The molecule has 2 heterocycles. The van der Waals surface area contributed by atoms with Crippen LogP contribution in [-0.2, 0) is 12.8 Å². The van der Waals surface area contributed by atoms with E-state index in [9.17, 15) is 4.79 Å². The Balaban J connectivity index is 1.42. The van der Waals surface area contributed by atoms with Gasteiger partial charge in [-0.3, -0.25) is 9.89 Å². The molecule has 0 atom stereocenters.